The van der Waals surface area contributed by atoms with Crippen LogP contribution >= 0.6 is 0 Å². The number of anilines is 1. The molecular weight excluding hydrogens is 388 g/mol. The van der Waals surface area contributed by atoms with E-state index in [1.807, 2.05) is 4.90 Å². The normalized spacial score (nSPS) is 17.5. The Morgan fingerprint density at radius 3 is 2.66 bits per heavy atom. The number of ether oxygens (including phenoxy) is 1. The first-order valence-corrected chi connectivity index (χ1v) is 9.74. The maximum Gasteiger partial charge on any atom is 0.244 e. The smallest absolute Gasteiger partial charge is 0.244 e. The van der Waals surface area contributed by atoms with E-state index in [1.165, 1.54) is 6.07 Å². The van der Waals surface area contributed by atoms with Gasteiger partial charge in [-0.25, -0.2) is 22.5 Å². The fourth-order valence-electron chi connectivity index (χ4n) is 3.76. The zero-order valence-corrected chi connectivity index (χ0v) is 15.8. The van der Waals surface area contributed by atoms with E-state index in [9.17, 15) is 17.6 Å². The molecular formula is C20H22F4N4O. The molecule has 0 spiro atoms. The highest BCUT2D eigenvalue weighted by atomic mass is 19.3. The van der Waals surface area contributed by atoms with Crippen molar-refractivity contribution in [3.63, 3.8) is 0 Å². The van der Waals surface area contributed by atoms with Crippen LogP contribution in [0, 0.1) is 11.6 Å². The van der Waals surface area contributed by atoms with Gasteiger partial charge < -0.3 is 15.0 Å². The number of nitrogens with one attached hydrogen (secondary N) is 1. The minimum absolute atomic E-state index is 0.0179. The maximum atomic E-state index is 13.8. The fraction of sp³-hybridized carbons (Fsp3) is 0.500. The molecule has 0 saturated carbocycles. The largest absolute Gasteiger partial charge is 0.487 e. The van der Waals surface area contributed by atoms with E-state index in [0.29, 0.717) is 50.4 Å². The SMILES string of the molecule is Fc1ccc(OC2CCN(c3nc4c(nc3CC(F)F)CNCC4)CC2)c(F)c1. The second-order valence-corrected chi connectivity index (χ2v) is 7.29. The minimum Gasteiger partial charge on any atom is -0.487 e. The second kappa shape index (κ2) is 8.52. The lowest BCUT2D eigenvalue weighted by atomic mass is 10.1. The van der Waals surface area contributed by atoms with Gasteiger partial charge in [-0.3, -0.25) is 4.98 Å². The minimum atomic E-state index is -2.50. The molecule has 2 aliphatic heterocycles. The van der Waals surface area contributed by atoms with Gasteiger partial charge in [-0.05, 0) is 12.1 Å². The molecule has 9 heteroatoms. The van der Waals surface area contributed by atoms with Crippen LogP contribution in [0.1, 0.15) is 29.9 Å². The molecule has 0 bridgehead atoms. The first-order chi connectivity index (χ1) is 14.0. The van der Waals surface area contributed by atoms with Gasteiger partial charge in [0.15, 0.2) is 17.4 Å². The third kappa shape index (κ3) is 4.60. The number of halogens is 4. The van der Waals surface area contributed by atoms with Gasteiger partial charge in [0.25, 0.3) is 0 Å². The molecule has 3 heterocycles. The molecule has 4 rings (SSSR count). The number of aromatic nitrogens is 2. The van der Waals surface area contributed by atoms with Crippen molar-refractivity contribution in [1.82, 2.24) is 15.3 Å². The van der Waals surface area contributed by atoms with Gasteiger partial charge in [0.1, 0.15) is 11.9 Å². The summed E-state index contributed by atoms with van der Waals surface area (Å²) in [5.41, 5.74) is 1.90. The van der Waals surface area contributed by atoms with Crippen molar-refractivity contribution in [2.24, 2.45) is 0 Å². The Kier molecular flexibility index (Phi) is 5.84. The Morgan fingerprint density at radius 2 is 1.93 bits per heavy atom. The van der Waals surface area contributed by atoms with Gasteiger partial charge in [-0.1, -0.05) is 0 Å². The van der Waals surface area contributed by atoms with Crippen LogP contribution in [0.2, 0.25) is 0 Å². The summed E-state index contributed by atoms with van der Waals surface area (Å²) in [7, 11) is 0. The van der Waals surface area contributed by atoms with E-state index >= 15 is 0 Å². The van der Waals surface area contributed by atoms with Crippen LogP contribution in [0.5, 0.6) is 5.75 Å². The molecule has 156 valence electrons. The van der Waals surface area contributed by atoms with Crippen LogP contribution in [0.3, 0.4) is 0 Å². The summed E-state index contributed by atoms with van der Waals surface area (Å²) in [6.45, 7) is 2.40. The highest BCUT2D eigenvalue weighted by Gasteiger charge is 2.27. The predicted octanol–water partition coefficient (Wildman–Crippen LogP) is 3.26. The van der Waals surface area contributed by atoms with Gasteiger partial charge in [-0.15, -0.1) is 0 Å². The number of alkyl halides is 2. The first-order valence-electron chi connectivity index (χ1n) is 9.74. The van der Waals surface area contributed by atoms with Gasteiger partial charge in [0.2, 0.25) is 6.43 Å². The highest BCUT2D eigenvalue weighted by Crippen LogP contribution is 2.28. The van der Waals surface area contributed by atoms with Crippen LogP contribution in [0.4, 0.5) is 23.4 Å². The summed E-state index contributed by atoms with van der Waals surface area (Å²) < 4.78 is 58.7. The Hall–Kier alpha value is -2.42. The van der Waals surface area contributed by atoms with Crippen molar-refractivity contribution in [2.45, 2.75) is 44.8 Å². The molecule has 0 radical (unpaired) electrons. The van der Waals surface area contributed by atoms with E-state index < -0.39 is 24.5 Å². The van der Waals surface area contributed by atoms with Crippen molar-refractivity contribution in [1.29, 1.82) is 0 Å². The third-order valence-electron chi connectivity index (χ3n) is 5.21. The lowest BCUT2D eigenvalue weighted by Gasteiger charge is -2.34. The Bertz CT molecular complexity index is 872. The Labute approximate surface area is 166 Å². The molecule has 5 nitrogen and oxygen atoms in total. The van der Waals surface area contributed by atoms with Crippen LogP contribution in [0.15, 0.2) is 18.2 Å². The molecule has 2 aromatic rings. The molecule has 0 atom stereocenters. The fourth-order valence-corrected chi connectivity index (χ4v) is 3.76. The molecule has 0 unspecified atom stereocenters. The Balaban J connectivity index is 1.47. The molecule has 0 amide bonds. The van der Waals surface area contributed by atoms with Crippen LogP contribution in [0.25, 0.3) is 0 Å². The first kappa shape index (κ1) is 19.9. The van der Waals surface area contributed by atoms with Crippen LogP contribution in [-0.4, -0.2) is 42.1 Å². The number of hydrogen-bond donors (Lipinski definition) is 1. The van der Waals surface area contributed by atoms with Gasteiger partial charge >= 0.3 is 0 Å². The van der Waals surface area contributed by atoms with Gasteiger partial charge in [0, 0.05) is 51.5 Å². The van der Waals surface area contributed by atoms with Crippen LogP contribution in [-0.2, 0) is 19.4 Å². The molecule has 1 fully saturated rings. The van der Waals surface area contributed by atoms with Crippen molar-refractivity contribution >= 4 is 5.82 Å². The van der Waals surface area contributed by atoms with E-state index in [2.05, 4.69) is 15.3 Å². The third-order valence-corrected chi connectivity index (χ3v) is 5.21. The van der Waals surface area contributed by atoms with Crippen molar-refractivity contribution in [3.8, 4) is 5.75 Å². The average Bonchev–Trinajstić information content (AvgIpc) is 2.70. The van der Waals surface area contributed by atoms with E-state index in [1.54, 1.807) is 0 Å². The highest BCUT2D eigenvalue weighted by molar-refractivity contribution is 5.46. The lowest BCUT2D eigenvalue weighted by Crippen LogP contribution is -2.40. The zero-order chi connectivity index (χ0) is 20.4. The monoisotopic (exact) mass is 410 g/mol. The van der Waals surface area contributed by atoms with E-state index in [-0.39, 0.29) is 11.9 Å². The Morgan fingerprint density at radius 1 is 1.14 bits per heavy atom. The number of fused-ring (bicyclic) bond motifs is 1. The summed E-state index contributed by atoms with van der Waals surface area (Å²) in [5, 5.41) is 3.18. The maximum absolute atomic E-state index is 13.8. The van der Waals surface area contributed by atoms with E-state index in [0.717, 1.165) is 30.1 Å². The van der Waals surface area contributed by atoms with E-state index in [4.69, 9.17) is 4.74 Å². The number of benzene rings is 1. The quantitative estimate of drug-likeness (QED) is 0.767. The molecule has 29 heavy (non-hydrogen) atoms. The number of piperidine rings is 1. The standard InChI is InChI=1S/C20H22F4N4O/c21-12-1-2-18(14(22)9-12)29-13-4-7-28(8-5-13)20-16(10-19(23)24)26-17-11-25-6-3-15(17)27-20/h1-2,9,13,19,25H,3-8,10-11H2. The van der Waals surface area contributed by atoms with Gasteiger partial charge in [-0.2, -0.15) is 0 Å². The number of hydrogen-bond acceptors (Lipinski definition) is 5. The second-order valence-electron chi connectivity index (χ2n) is 7.29. The summed E-state index contributed by atoms with van der Waals surface area (Å²) in [4.78, 5) is 11.1. The molecule has 0 aliphatic carbocycles. The topological polar surface area (TPSA) is 50.3 Å². The lowest BCUT2D eigenvalue weighted by molar-refractivity contribution is 0.147. The average molecular weight is 410 g/mol. The summed E-state index contributed by atoms with van der Waals surface area (Å²) >= 11 is 0. The predicted molar refractivity (Wildman–Crippen MR) is 99.4 cm³/mol. The summed E-state index contributed by atoms with van der Waals surface area (Å²) in [5.74, 6) is -0.861. The molecule has 1 aromatic carbocycles. The number of rotatable bonds is 5. The van der Waals surface area contributed by atoms with Crippen molar-refractivity contribution < 1.29 is 22.3 Å². The molecule has 1 saturated heterocycles. The van der Waals surface area contributed by atoms with Crippen molar-refractivity contribution in [3.05, 3.63) is 46.9 Å². The molecule has 1 N–H and O–H groups in total. The number of nitrogens with zero attached hydrogens (tertiary/aromatic N) is 3. The molecule has 1 aromatic heterocycles. The molecule has 2 aliphatic rings. The van der Waals surface area contributed by atoms with Gasteiger partial charge in [0.05, 0.1) is 23.5 Å². The summed E-state index contributed by atoms with van der Waals surface area (Å²) in [6, 6.07) is 3.22. The zero-order valence-electron chi connectivity index (χ0n) is 15.8. The van der Waals surface area contributed by atoms with Crippen LogP contribution < -0.4 is 15.0 Å². The van der Waals surface area contributed by atoms with Crippen molar-refractivity contribution in [2.75, 3.05) is 24.5 Å². The summed E-state index contributed by atoms with van der Waals surface area (Å²) in [6.07, 6.45) is -1.31.